The summed E-state index contributed by atoms with van der Waals surface area (Å²) in [7, 11) is 3.95. The number of rotatable bonds is 7. The Balaban J connectivity index is 0.00000264. The van der Waals surface area contributed by atoms with E-state index in [9.17, 15) is 0 Å². The third-order valence-electron chi connectivity index (χ3n) is 4.33. The first-order valence-corrected chi connectivity index (χ1v) is 8.45. The van der Waals surface area contributed by atoms with Gasteiger partial charge < -0.3 is 14.6 Å². The smallest absolute Gasteiger partial charge is 0.193 e. The number of nitrogens with one attached hydrogen (secondary N) is 1. The van der Waals surface area contributed by atoms with Gasteiger partial charge in [-0.15, -0.1) is 24.0 Å². The zero-order valence-electron chi connectivity index (χ0n) is 14.6. The number of nitrogens with zero attached hydrogens (tertiary/aromatic N) is 3. The van der Waals surface area contributed by atoms with Gasteiger partial charge in [-0.1, -0.05) is 13.3 Å². The standard InChI is InChI=1S/C17H30N4O.HI/c1-4-5-10-20(3)17(18-2)19-14-15(16-9-8-13-22-16)21-11-6-7-12-21;/h8-9,13,15H,4-7,10-12,14H2,1-3H3,(H,18,19);1H. The molecule has 5 nitrogen and oxygen atoms in total. The summed E-state index contributed by atoms with van der Waals surface area (Å²) in [4.78, 5) is 9.11. The van der Waals surface area contributed by atoms with Crippen molar-refractivity contribution in [2.45, 2.75) is 38.6 Å². The lowest BCUT2D eigenvalue weighted by Crippen LogP contribution is -2.43. The number of hydrogen-bond acceptors (Lipinski definition) is 3. The number of hydrogen-bond donors (Lipinski definition) is 1. The molecule has 0 aromatic carbocycles. The Kier molecular flexibility index (Phi) is 9.62. The van der Waals surface area contributed by atoms with Crippen molar-refractivity contribution in [3.63, 3.8) is 0 Å². The molecule has 0 amide bonds. The van der Waals surface area contributed by atoms with Crippen molar-refractivity contribution in [3.8, 4) is 0 Å². The molecule has 0 radical (unpaired) electrons. The molecule has 0 spiro atoms. The molecule has 0 saturated carbocycles. The monoisotopic (exact) mass is 434 g/mol. The first-order chi connectivity index (χ1) is 10.8. The van der Waals surface area contributed by atoms with Gasteiger partial charge in [-0.05, 0) is 44.5 Å². The first-order valence-electron chi connectivity index (χ1n) is 8.45. The van der Waals surface area contributed by atoms with Crippen LogP contribution in [0.25, 0.3) is 0 Å². The van der Waals surface area contributed by atoms with Crippen LogP contribution in [-0.2, 0) is 0 Å². The summed E-state index contributed by atoms with van der Waals surface area (Å²) in [6, 6.07) is 4.34. The van der Waals surface area contributed by atoms with Crippen LogP contribution in [0.3, 0.4) is 0 Å². The Hall–Kier alpha value is -0.760. The van der Waals surface area contributed by atoms with E-state index in [2.05, 4.69) is 40.1 Å². The Labute approximate surface area is 157 Å². The molecule has 1 aromatic rings. The summed E-state index contributed by atoms with van der Waals surface area (Å²) in [6.45, 7) is 6.38. The Bertz CT molecular complexity index is 443. The van der Waals surface area contributed by atoms with E-state index < -0.39 is 0 Å². The highest BCUT2D eigenvalue weighted by atomic mass is 127. The Morgan fingerprint density at radius 3 is 2.74 bits per heavy atom. The number of aliphatic imine (C=N–C) groups is 1. The summed E-state index contributed by atoms with van der Waals surface area (Å²) >= 11 is 0. The SMILES string of the molecule is CCCCN(C)C(=NC)NCC(c1ccco1)N1CCCC1.I. The number of unbranched alkanes of at least 4 members (excludes halogenated alkanes) is 1. The van der Waals surface area contributed by atoms with Gasteiger partial charge in [0.25, 0.3) is 0 Å². The van der Waals surface area contributed by atoms with Gasteiger partial charge in [-0.3, -0.25) is 9.89 Å². The molecule has 6 heteroatoms. The van der Waals surface area contributed by atoms with Gasteiger partial charge >= 0.3 is 0 Å². The predicted molar refractivity (Wildman–Crippen MR) is 107 cm³/mol. The van der Waals surface area contributed by atoms with Crippen molar-refractivity contribution in [1.29, 1.82) is 0 Å². The van der Waals surface area contributed by atoms with Crippen molar-refractivity contribution in [2.75, 3.05) is 40.3 Å². The van der Waals surface area contributed by atoms with E-state index in [-0.39, 0.29) is 30.0 Å². The third-order valence-corrected chi connectivity index (χ3v) is 4.33. The maximum Gasteiger partial charge on any atom is 0.193 e. The molecule has 0 aliphatic carbocycles. The largest absolute Gasteiger partial charge is 0.468 e. The molecular weight excluding hydrogens is 403 g/mol. The van der Waals surface area contributed by atoms with Crippen molar-refractivity contribution >= 4 is 29.9 Å². The van der Waals surface area contributed by atoms with Gasteiger partial charge in [-0.25, -0.2) is 0 Å². The number of furan rings is 1. The van der Waals surface area contributed by atoms with Crippen LogP contribution in [0.2, 0.25) is 0 Å². The second-order valence-corrected chi connectivity index (χ2v) is 5.98. The van der Waals surface area contributed by atoms with E-state index in [0.29, 0.717) is 0 Å². The van der Waals surface area contributed by atoms with E-state index in [1.165, 1.54) is 25.7 Å². The number of likely N-dealkylation sites (tertiary alicyclic amines) is 1. The van der Waals surface area contributed by atoms with Gasteiger partial charge in [0.1, 0.15) is 5.76 Å². The van der Waals surface area contributed by atoms with E-state index in [1.54, 1.807) is 6.26 Å². The van der Waals surface area contributed by atoms with Crippen LogP contribution in [0.4, 0.5) is 0 Å². The minimum atomic E-state index is 0. The number of guanidine groups is 1. The van der Waals surface area contributed by atoms with Gasteiger partial charge in [0.15, 0.2) is 5.96 Å². The van der Waals surface area contributed by atoms with Crippen molar-refractivity contribution in [2.24, 2.45) is 4.99 Å². The summed E-state index contributed by atoms with van der Waals surface area (Å²) in [5, 5.41) is 3.52. The van der Waals surface area contributed by atoms with Crippen LogP contribution in [-0.4, -0.2) is 56.0 Å². The fourth-order valence-electron chi connectivity index (χ4n) is 3.02. The lowest BCUT2D eigenvalue weighted by molar-refractivity contribution is 0.214. The molecule has 1 aliphatic rings. The van der Waals surface area contributed by atoms with Gasteiger partial charge in [0, 0.05) is 27.2 Å². The average Bonchev–Trinajstić information content (AvgIpc) is 3.22. The average molecular weight is 434 g/mol. The first kappa shape index (κ1) is 20.3. The van der Waals surface area contributed by atoms with Gasteiger partial charge in [0.05, 0.1) is 12.3 Å². The van der Waals surface area contributed by atoms with Gasteiger partial charge in [-0.2, -0.15) is 0 Å². The molecule has 1 unspecified atom stereocenters. The van der Waals surface area contributed by atoms with E-state index in [1.807, 2.05) is 13.1 Å². The van der Waals surface area contributed by atoms with Crippen LogP contribution < -0.4 is 5.32 Å². The van der Waals surface area contributed by atoms with Crippen LogP contribution in [0.15, 0.2) is 27.8 Å². The molecule has 1 fully saturated rings. The maximum absolute atomic E-state index is 5.66. The van der Waals surface area contributed by atoms with Crippen LogP contribution in [0, 0.1) is 0 Å². The molecule has 1 saturated heterocycles. The summed E-state index contributed by atoms with van der Waals surface area (Å²) < 4.78 is 5.66. The van der Waals surface area contributed by atoms with Crippen LogP contribution in [0.1, 0.15) is 44.4 Å². The number of halogens is 1. The minimum absolute atomic E-state index is 0. The molecule has 2 heterocycles. The zero-order chi connectivity index (χ0) is 15.8. The van der Waals surface area contributed by atoms with E-state index in [4.69, 9.17) is 4.42 Å². The second-order valence-electron chi connectivity index (χ2n) is 5.98. The Morgan fingerprint density at radius 1 is 1.43 bits per heavy atom. The molecule has 1 aromatic heterocycles. The minimum Gasteiger partial charge on any atom is -0.468 e. The molecular formula is C17H31IN4O. The van der Waals surface area contributed by atoms with Crippen molar-refractivity contribution < 1.29 is 4.42 Å². The molecule has 23 heavy (non-hydrogen) atoms. The third kappa shape index (κ3) is 5.99. The summed E-state index contributed by atoms with van der Waals surface area (Å²) in [5.74, 6) is 2.00. The molecule has 2 rings (SSSR count). The predicted octanol–water partition coefficient (Wildman–Crippen LogP) is 3.34. The fourth-order valence-corrected chi connectivity index (χ4v) is 3.02. The lowest BCUT2D eigenvalue weighted by atomic mass is 10.2. The van der Waals surface area contributed by atoms with E-state index in [0.717, 1.165) is 37.9 Å². The summed E-state index contributed by atoms with van der Waals surface area (Å²) in [5.41, 5.74) is 0. The topological polar surface area (TPSA) is 44.0 Å². The van der Waals surface area contributed by atoms with Crippen molar-refractivity contribution in [3.05, 3.63) is 24.2 Å². The van der Waals surface area contributed by atoms with Crippen LogP contribution >= 0.6 is 24.0 Å². The highest BCUT2D eigenvalue weighted by Gasteiger charge is 2.25. The van der Waals surface area contributed by atoms with Crippen molar-refractivity contribution in [1.82, 2.24) is 15.1 Å². The lowest BCUT2D eigenvalue weighted by Gasteiger charge is -2.28. The maximum atomic E-state index is 5.66. The van der Waals surface area contributed by atoms with E-state index >= 15 is 0 Å². The van der Waals surface area contributed by atoms with Crippen LogP contribution in [0.5, 0.6) is 0 Å². The second kappa shape index (κ2) is 10.9. The normalized spacial score (nSPS) is 16.9. The quantitative estimate of drug-likeness (QED) is 0.406. The molecule has 1 atom stereocenters. The molecule has 1 aliphatic heterocycles. The zero-order valence-corrected chi connectivity index (χ0v) is 17.0. The molecule has 132 valence electrons. The Morgan fingerprint density at radius 2 is 2.17 bits per heavy atom. The van der Waals surface area contributed by atoms with Gasteiger partial charge in [0.2, 0.25) is 0 Å². The fraction of sp³-hybridized carbons (Fsp3) is 0.706. The highest BCUT2D eigenvalue weighted by Crippen LogP contribution is 2.24. The highest BCUT2D eigenvalue weighted by molar-refractivity contribution is 14.0. The molecule has 0 bridgehead atoms. The molecule has 1 N–H and O–H groups in total. The summed E-state index contributed by atoms with van der Waals surface area (Å²) in [6.07, 6.45) is 6.71.